The first-order valence-electron chi connectivity index (χ1n) is 8.36. The van der Waals surface area contributed by atoms with Gasteiger partial charge in [-0.25, -0.2) is 4.79 Å². The molecule has 1 aromatic rings. The first-order chi connectivity index (χ1) is 12.3. The predicted octanol–water partition coefficient (Wildman–Crippen LogP) is 3.54. The molecule has 0 aliphatic heterocycles. The summed E-state index contributed by atoms with van der Waals surface area (Å²) in [5, 5.41) is 19.4. The fourth-order valence-electron chi connectivity index (χ4n) is 1.89. The SMILES string of the molecule is CC(=O)O.CCCCCCCNC(=O)Oc1cccc(CO[N+](=O)[O-])c1. The molecule has 0 fully saturated rings. The number of carbonyl (C=O) groups is 2. The molecule has 9 nitrogen and oxygen atoms in total. The zero-order chi connectivity index (χ0) is 19.8. The Bertz CT molecular complexity index is 560. The number of carboxylic acid groups (broad SMARTS) is 1. The zero-order valence-corrected chi connectivity index (χ0v) is 15.1. The second-order valence-corrected chi connectivity index (χ2v) is 5.39. The third-order valence-electron chi connectivity index (χ3n) is 3.00. The summed E-state index contributed by atoms with van der Waals surface area (Å²) in [5.41, 5.74) is 0.557. The molecule has 0 bridgehead atoms. The van der Waals surface area contributed by atoms with Gasteiger partial charge < -0.3 is 20.0 Å². The second kappa shape index (κ2) is 14.5. The van der Waals surface area contributed by atoms with Crippen molar-refractivity contribution in [1.29, 1.82) is 0 Å². The van der Waals surface area contributed by atoms with E-state index in [-0.39, 0.29) is 6.61 Å². The minimum atomic E-state index is -0.862. The fraction of sp³-hybridized carbons (Fsp3) is 0.529. The van der Waals surface area contributed by atoms with Gasteiger partial charge in [0.2, 0.25) is 0 Å². The van der Waals surface area contributed by atoms with E-state index in [1.54, 1.807) is 18.2 Å². The standard InChI is InChI=1S/C15H22N2O5.C2H4O2/c1-2-3-4-5-6-10-16-15(18)22-14-9-7-8-13(11-14)12-21-17(19)20;1-2(3)4/h7-9,11H,2-6,10,12H2,1H3,(H,16,18);1H3,(H,3,4). The van der Waals surface area contributed by atoms with Gasteiger partial charge in [-0.05, 0) is 24.1 Å². The molecule has 0 radical (unpaired) electrons. The highest BCUT2D eigenvalue weighted by Gasteiger charge is 2.05. The van der Waals surface area contributed by atoms with Crippen LogP contribution in [0.4, 0.5) is 4.79 Å². The molecule has 0 aliphatic carbocycles. The maximum Gasteiger partial charge on any atom is 0.412 e. The van der Waals surface area contributed by atoms with Gasteiger partial charge in [-0.15, -0.1) is 10.1 Å². The van der Waals surface area contributed by atoms with E-state index >= 15 is 0 Å². The van der Waals surface area contributed by atoms with Crippen LogP contribution in [0.1, 0.15) is 51.5 Å². The molecule has 26 heavy (non-hydrogen) atoms. The largest absolute Gasteiger partial charge is 0.481 e. The smallest absolute Gasteiger partial charge is 0.412 e. The summed E-state index contributed by atoms with van der Waals surface area (Å²) in [6.45, 7) is 3.64. The molecule has 1 rings (SSSR count). The number of hydrogen-bond donors (Lipinski definition) is 2. The molecule has 2 N–H and O–H groups in total. The Hall–Kier alpha value is -2.84. The molecule has 0 saturated carbocycles. The summed E-state index contributed by atoms with van der Waals surface area (Å²) in [6, 6.07) is 6.44. The third kappa shape index (κ3) is 14.7. The number of hydrogen-bond acceptors (Lipinski definition) is 6. The van der Waals surface area contributed by atoms with Crippen molar-refractivity contribution in [1.82, 2.24) is 5.32 Å². The molecular formula is C17H26N2O7. The van der Waals surface area contributed by atoms with E-state index in [2.05, 4.69) is 17.1 Å². The van der Waals surface area contributed by atoms with Crippen LogP contribution in [0.5, 0.6) is 5.75 Å². The molecule has 0 aromatic heterocycles. The number of nitrogens with one attached hydrogen (secondary N) is 1. The van der Waals surface area contributed by atoms with Gasteiger partial charge in [-0.2, -0.15) is 0 Å². The van der Waals surface area contributed by atoms with Gasteiger partial charge in [-0.1, -0.05) is 44.7 Å². The lowest BCUT2D eigenvalue weighted by molar-refractivity contribution is -0.763. The summed E-state index contributed by atoms with van der Waals surface area (Å²) < 4.78 is 5.11. The van der Waals surface area contributed by atoms with E-state index in [0.717, 1.165) is 19.8 Å². The van der Waals surface area contributed by atoms with Gasteiger partial charge in [0.25, 0.3) is 11.1 Å². The molecule has 1 amide bonds. The molecule has 0 heterocycles. The van der Waals surface area contributed by atoms with Gasteiger partial charge in [0.15, 0.2) is 0 Å². The Morgan fingerprint density at radius 3 is 2.50 bits per heavy atom. The summed E-state index contributed by atoms with van der Waals surface area (Å²) in [4.78, 5) is 35.0. The van der Waals surface area contributed by atoms with Crippen LogP contribution in [0.25, 0.3) is 0 Å². The first kappa shape index (κ1) is 23.2. The lowest BCUT2D eigenvalue weighted by Crippen LogP contribution is -2.27. The molecular weight excluding hydrogens is 344 g/mol. The van der Waals surface area contributed by atoms with Crippen molar-refractivity contribution < 1.29 is 29.4 Å². The van der Waals surface area contributed by atoms with Crippen molar-refractivity contribution in [3.8, 4) is 5.75 Å². The lowest BCUT2D eigenvalue weighted by Gasteiger charge is -2.08. The van der Waals surface area contributed by atoms with Crippen LogP contribution in [0.15, 0.2) is 24.3 Å². The number of unbranched alkanes of at least 4 members (excludes halogenated alkanes) is 4. The number of carbonyl (C=O) groups excluding carboxylic acids is 1. The number of ether oxygens (including phenoxy) is 1. The van der Waals surface area contributed by atoms with Crippen LogP contribution >= 0.6 is 0 Å². The first-order valence-corrected chi connectivity index (χ1v) is 8.36. The Labute approximate surface area is 152 Å². The van der Waals surface area contributed by atoms with E-state index < -0.39 is 17.1 Å². The average Bonchev–Trinajstić information content (AvgIpc) is 2.56. The van der Waals surface area contributed by atoms with Gasteiger partial charge in [0, 0.05) is 13.5 Å². The van der Waals surface area contributed by atoms with Gasteiger partial charge in [0.05, 0.1) is 0 Å². The molecule has 146 valence electrons. The summed E-state index contributed by atoms with van der Waals surface area (Å²) in [7, 11) is 0. The average molecular weight is 370 g/mol. The quantitative estimate of drug-likeness (QED) is 0.366. The molecule has 1 aromatic carbocycles. The van der Waals surface area contributed by atoms with Crippen LogP contribution in [0, 0.1) is 10.1 Å². The Kier molecular flexibility index (Phi) is 12.9. The van der Waals surface area contributed by atoms with Crippen molar-refractivity contribution in [3.63, 3.8) is 0 Å². The summed E-state index contributed by atoms with van der Waals surface area (Å²) in [6.07, 6.45) is 5.05. The highest BCUT2D eigenvalue weighted by molar-refractivity contribution is 5.70. The molecule has 0 spiro atoms. The van der Waals surface area contributed by atoms with Crippen LogP contribution in [-0.2, 0) is 16.2 Å². The van der Waals surface area contributed by atoms with Crippen LogP contribution in [-0.4, -0.2) is 28.8 Å². The fourth-order valence-corrected chi connectivity index (χ4v) is 1.89. The van der Waals surface area contributed by atoms with E-state index in [1.165, 1.54) is 25.3 Å². The number of amides is 1. The Morgan fingerprint density at radius 2 is 1.88 bits per heavy atom. The van der Waals surface area contributed by atoms with Crippen molar-refractivity contribution in [2.24, 2.45) is 0 Å². The number of nitrogens with zero attached hydrogens (tertiary/aromatic N) is 1. The highest BCUT2D eigenvalue weighted by atomic mass is 16.9. The molecule has 0 atom stereocenters. The van der Waals surface area contributed by atoms with E-state index in [9.17, 15) is 14.9 Å². The highest BCUT2D eigenvalue weighted by Crippen LogP contribution is 2.14. The van der Waals surface area contributed by atoms with Crippen molar-refractivity contribution in [2.45, 2.75) is 52.6 Å². The van der Waals surface area contributed by atoms with Crippen LogP contribution in [0.3, 0.4) is 0 Å². The molecule has 0 saturated heterocycles. The summed E-state index contributed by atoms with van der Waals surface area (Å²) in [5.74, 6) is -0.507. The lowest BCUT2D eigenvalue weighted by atomic mass is 10.1. The molecule has 0 unspecified atom stereocenters. The normalized spacial score (nSPS) is 9.46. The predicted molar refractivity (Wildman–Crippen MR) is 94.3 cm³/mol. The van der Waals surface area contributed by atoms with Gasteiger partial charge >= 0.3 is 6.09 Å². The van der Waals surface area contributed by atoms with Crippen molar-refractivity contribution >= 4 is 12.1 Å². The number of rotatable bonds is 10. The van der Waals surface area contributed by atoms with E-state index in [1.807, 2.05) is 0 Å². The maximum absolute atomic E-state index is 11.6. The van der Waals surface area contributed by atoms with Crippen molar-refractivity contribution in [3.05, 3.63) is 39.9 Å². The number of benzene rings is 1. The number of aliphatic carboxylic acids is 1. The van der Waals surface area contributed by atoms with E-state index in [4.69, 9.17) is 14.6 Å². The number of carboxylic acids is 1. The monoisotopic (exact) mass is 370 g/mol. The Morgan fingerprint density at radius 1 is 1.23 bits per heavy atom. The summed E-state index contributed by atoms with van der Waals surface area (Å²) >= 11 is 0. The van der Waals surface area contributed by atoms with Gasteiger partial charge in [-0.3, -0.25) is 4.79 Å². The topological polar surface area (TPSA) is 128 Å². The van der Waals surface area contributed by atoms with E-state index in [0.29, 0.717) is 17.9 Å². The van der Waals surface area contributed by atoms with Gasteiger partial charge in [0.1, 0.15) is 12.4 Å². The van der Waals surface area contributed by atoms with Crippen molar-refractivity contribution in [2.75, 3.05) is 6.54 Å². The maximum atomic E-state index is 11.6. The van der Waals surface area contributed by atoms with Crippen LogP contribution in [0.2, 0.25) is 0 Å². The Balaban J connectivity index is 0.00000141. The minimum absolute atomic E-state index is 0.177. The minimum Gasteiger partial charge on any atom is -0.481 e. The second-order valence-electron chi connectivity index (χ2n) is 5.39. The molecule has 9 heteroatoms. The molecule has 0 aliphatic rings. The zero-order valence-electron chi connectivity index (χ0n) is 15.1. The van der Waals surface area contributed by atoms with Crippen LogP contribution < -0.4 is 10.1 Å². The third-order valence-corrected chi connectivity index (χ3v) is 3.00.